The molecule has 0 aliphatic carbocycles. The van der Waals surface area contributed by atoms with Gasteiger partial charge in [-0.25, -0.2) is 9.78 Å². The number of esters is 1. The van der Waals surface area contributed by atoms with Crippen molar-refractivity contribution >= 4 is 29.7 Å². The number of methoxy groups -OCH3 is 1. The number of amides is 1. The number of nitrogens with zero attached hydrogens (tertiary/aromatic N) is 2. The van der Waals surface area contributed by atoms with Crippen LogP contribution in [0.4, 0.5) is 0 Å². The minimum absolute atomic E-state index is 0.182. The van der Waals surface area contributed by atoms with Crippen LogP contribution in [0.1, 0.15) is 15.9 Å². The predicted octanol–water partition coefficient (Wildman–Crippen LogP) is 2.88. The molecule has 2 aromatic rings. The first kappa shape index (κ1) is 17.2. The van der Waals surface area contributed by atoms with E-state index in [0.29, 0.717) is 22.9 Å². The van der Waals surface area contributed by atoms with Gasteiger partial charge in [0.2, 0.25) is 0 Å². The number of carbonyl (C=O) groups is 2. The third kappa shape index (κ3) is 4.28. The predicted molar refractivity (Wildman–Crippen MR) is 97.3 cm³/mol. The molecule has 1 aromatic carbocycles. The Hall–Kier alpha value is -2.60. The lowest BCUT2D eigenvalue weighted by Gasteiger charge is -2.07. The summed E-state index contributed by atoms with van der Waals surface area (Å²) in [7, 11) is 1.33. The smallest absolute Gasteiger partial charge is 0.330 e. The van der Waals surface area contributed by atoms with E-state index in [4.69, 9.17) is 0 Å². The van der Waals surface area contributed by atoms with Crippen LogP contribution in [0.25, 0.3) is 6.08 Å². The van der Waals surface area contributed by atoms with Gasteiger partial charge >= 0.3 is 5.97 Å². The van der Waals surface area contributed by atoms with Gasteiger partial charge in [0, 0.05) is 11.9 Å². The van der Waals surface area contributed by atoms with Crippen molar-refractivity contribution in [3.63, 3.8) is 0 Å². The highest BCUT2D eigenvalue weighted by Gasteiger charge is 2.45. The zero-order valence-corrected chi connectivity index (χ0v) is 14.6. The summed E-state index contributed by atoms with van der Waals surface area (Å²) in [6.45, 7) is 0.401. The highest BCUT2D eigenvalue weighted by Crippen LogP contribution is 2.27. The summed E-state index contributed by atoms with van der Waals surface area (Å²) in [4.78, 5) is 29.9. The second-order valence-corrected chi connectivity index (χ2v) is 6.49. The van der Waals surface area contributed by atoms with Crippen molar-refractivity contribution in [2.75, 3.05) is 19.4 Å². The fraction of sp³-hybridized carbons (Fsp3) is 0.211. The molecule has 1 aliphatic heterocycles. The summed E-state index contributed by atoms with van der Waals surface area (Å²) >= 11 is 1.49. The van der Waals surface area contributed by atoms with Crippen LogP contribution >= 0.6 is 11.8 Å². The van der Waals surface area contributed by atoms with Gasteiger partial charge in [-0.3, -0.25) is 4.79 Å². The van der Waals surface area contributed by atoms with Crippen LogP contribution in [0.15, 0.2) is 59.8 Å². The van der Waals surface area contributed by atoms with Gasteiger partial charge in [-0.2, -0.15) is 0 Å². The Balaban J connectivity index is 1.62. The van der Waals surface area contributed by atoms with E-state index in [1.54, 1.807) is 18.3 Å². The first-order chi connectivity index (χ1) is 12.2. The lowest BCUT2D eigenvalue weighted by Crippen LogP contribution is -2.20. The molecule has 0 saturated carbocycles. The van der Waals surface area contributed by atoms with E-state index >= 15 is 0 Å². The van der Waals surface area contributed by atoms with Crippen LogP contribution < -0.4 is 0 Å². The SMILES string of the molecule is COC(=O)[C@H]1CN1C(=O)c1cccnc1SC/C=C/c1ccccc1. The average molecular weight is 354 g/mol. The standard InChI is InChI=1S/C19H18N2O3S/c1-24-19(23)16-13-21(16)18(22)15-10-5-11-20-17(15)25-12-6-9-14-7-3-2-4-8-14/h2-11,16H,12-13H2,1H3/b9-6+/t16-,21?/m1/s1. The van der Waals surface area contributed by atoms with Crippen LogP contribution in [-0.4, -0.2) is 47.2 Å². The van der Waals surface area contributed by atoms with Crippen molar-refractivity contribution in [3.05, 3.63) is 65.9 Å². The molecule has 1 saturated heterocycles. The number of ether oxygens (including phenoxy) is 1. The largest absolute Gasteiger partial charge is 0.467 e. The zero-order valence-electron chi connectivity index (χ0n) is 13.8. The maximum Gasteiger partial charge on any atom is 0.330 e. The molecular weight excluding hydrogens is 336 g/mol. The van der Waals surface area contributed by atoms with Crippen molar-refractivity contribution in [1.82, 2.24) is 9.88 Å². The number of thioether (sulfide) groups is 1. The number of hydrogen-bond donors (Lipinski definition) is 0. The summed E-state index contributed by atoms with van der Waals surface area (Å²) in [5, 5.41) is 0.667. The van der Waals surface area contributed by atoms with Crippen molar-refractivity contribution < 1.29 is 14.3 Å². The molecule has 0 N–H and O–H groups in total. The number of aromatic nitrogens is 1. The first-order valence-corrected chi connectivity index (χ1v) is 8.87. The fourth-order valence-electron chi connectivity index (χ4n) is 2.40. The van der Waals surface area contributed by atoms with Crippen LogP contribution in [0.2, 0.25) is 0 Å². The summed E-state index contributed by atoms with van der Waals surface area (Å²) < 4.78 is 4.68. The summed E-state index contributed by atoms with van der Waals surface area (Å²) in [6.07, 6.45) is 5.74. The van der Waals surface area contributed by atoms with Gasteiger partial charge in [-0.1, -0.05) is 42.5 Å². The molecule has 1 fully saturated rings. The Kier molecular flexibility index (Phi) is 5.50. The Morgan fingerprint density at radius 2 is 2.08 bits per heavy atom. The highest BCUT2D eigenvalue weighted by atomic mass is 32.2. The van der Waals surface area contributed by atoms with E-state index in [9.17, 15) is 9.59 Å². The van der Waals surface area contributed by atoms with Gasteiger partial charge in [0.25, 0.3) is 5.91 Å². The quantitative estimate of drug-likeness (QED) is 0.453. The van der Waals surface area contributed by atoms with Gasteiger partial charge in [0.05, 0.1) is 19.2 Å². The monoisotopic (exact) mass is 354 g/mol. The molecule has 25 heavy (non-hydrogen) atoms. The number of carbonyl (C=O) groups excluding carboxylic acids is 2. The Bertz CT molecular complexity index is 792. The third-order valence-corrected chi connectivity index (χ3v) is 4.73. The Morgan fingerprint density at radius 3 is 2.84 bits per heavy atom. The van der Waals surface area contributed by atoms with Crippen molar-refractivity contribution in [3.8, 4) is 0 Å². The Labute approximate surface area is 150 Å². The lowest BCUT2D eigenvalue weighted by molar-refractivity contribution is -0.140. The van der Waals surface area contributed by atoms with Gasteiger partial charge < -0.3 is 9.64 Å². The molecule has 0 unspecified atom stereocenters. The van der Waals surface area contributed by atoms with Crippen LogP contribution in [0, 0.1) is 0 Å². The molecule has 6 heteroatoms. The number of rotatable bonds is 6. The normalized spacial score (nSPS) is 16.0. The van der Waals surface area contributed by atoms with Crippen molar-refractivity contribution in [1.29, 1.82) is 0 Å². The average Bonchev–Trinajstić information content (AvgIpc) is 3.46. The van der Waals surface area contributed by atoms with E-state index in [1.165, 1.54) is 23.8 Å². The molecular formula is C19H18N2O3S. The Morgan fingerprint density at radius 1 is 1.28 bits per heavy atom. The van der Waals surface area contributed by atoms with Crippen molar-refractivity contribution in [2.45, 2.75) is 11.1 Å². The molecule has 0 bridgehead atoms. The summed E-state index contributed by atoms with van der Waals surface area (Å²) in [5.41, 5.74) is 1.65. The minimum Gasteiger partial charge on any atom is -0.467 e. The van der Waals surface area contributed by atoms with E-state index in [1.807, 2.05) is 42.5 Å². The second kappa shape index (κ2) is 7.98. The van der Waals surface area contributed by atoms with E-state index < -0.39 is 6.04 Å². The molecule has 1 aromatic heterocycles. The summed E-state index contributed by atoms with van der Waals surface area (Å²) in [5.74, 6) is 0.141. The van der Waals surface area contributed by atoms with Crippen molar-refractivity contribution in [2.24, 2.45) is 0 Å². The highest BCUT2D eigenvalue weighted by molar-refractivity contribution is 7.99. The third-order valence-electron chi connectivity index (χ3n) is 3.77. The molecule has 0 spiro atoms. The van der Waals surface area contributed by atoms with Gasteiger partial charge in [0.15, 0.2) is 0 Å². The lowest BCUT2D eigenvalue weighted by atomic mass is 10.2. The number of pyridine rings is 1. The van der Waals surface area contributed by atoms with Gasteiger partial charge in [0.1, 0.15) is 11.1 Å². The molecule has 128 valence electrons. The summed E-state index contributed by atoms with van der Waals surface area (Å²) in [6, 6.07) is 13.0. The van der Waals surface area contributed by atoms with E-state index in [2.05, 4.69) is 9.72 Å². The maximum absolute atomic E-state index is 12.6. The topological polar surface area (TPSA) is 59.3 Å². The van der Waals surface area contributed by atoms with E-state index in [-0.39, 0.29) is 11.9 Å². The number of benzene rings is 1. The molecule has 2 heterocycles. The molecule has 1 amide bonds. The molecule has 1 atom stereocenters. The first-order valence-electron chi connectivity index (χ1n) is 7.89. The van der Waals surface area contributed by atoms with Gasteiger partial charge in [-0.05, 0) is 17.7 Å². The van der Waals surface area contributed by atoms with Crippen LogP contribution in [0.5, 0.6) is 0 Å². The van der Waals surface area contributed by atoms with Crippen LogP contribution in [0.3, 0.4) is 0 Å². The minimum atomic E-state index is -0.464. The second-order valence-electron chi connectivity index (χ2n) is 5.48. The van der Waals surface area contributed by atoms with Gasteiger partial charge in [-0.15, -0.1) is 11.8 Å². The number of hydrogen-bond acceptors (Lipinski definition) is 5. The molecule has 5 nitrogen and oxygen atoms in total. The molecule has 0 radical (unpaired) electrons. The fourth-order valence-corrected chi connectivity index (χ4v) is 3.20. The molecule has 3 rings (SSSR count). The van der Waals surface area contributed by atoms with E-state index in [0.717, 1.165) is 5.56 Å². The van der Waals surface area contributed by atoms with Crippen LogP contribution in [-0.2, 0) is 9.53 Å². The maximum atomic E-state index is 12.6. The zero-order chi connectivity index (χ0) is 17.6. The molecule has 1 aliphatic rings.